The minimum atomic E-state index is -0.829. The molecule has 6 nitrogen and oxygen atoms in total. The molecule has 0 aromatic heterocycles. The summed E-state index contributed by atoms with van der Waals surface area (Å²) in [6.07, 6.45) is 5.96. The van der Waals surface area contributed by atoms with Gasteiger partial charge in [0.25, 0.3) is 0 Å². The van der Waals surface area contributed by atoms with Crippen LogP contribution < -0.4 is 10.6 Å². The minimum Gasteiger partial charge on any atom is -0.481 e. The van der Waals surface area contributed by atoms with E-state index in [1.165, 1.54) is 6.42 Å². The van der Waals surface area contributed by atoms with E-state index in [4.69, 9.17) is 9.84 Å². The number of amides is 2. The molecule has 20 heavy (non-hydrogen) atoms. The number of carbonyl (C=O) groups excluding carboxylic acids is 1. The Morgan fingerprint density at radius 3 is 2.70 bits per heavy atom. The van der Waals surface area contributed by atoms with Crippen LogP contribution in [-0.2, 0) is 9.53 Å². The number of rotatable bonds is 5. The SMILES string of the molecule is O=C(O)CCCNC(=O)NC1CCCC12CCOCC2. The van der Waals surface area contributed by atoms with Crippen LogP contribution in [0, 0.1) is 5.41 Å². The van der Waals surface area contributed by atoms with Crippen LogP contribution in [0.25, 0.3) is 0 Å². The summed E-state index contributed by atoms with van der Waals surface area (Å²) < 4.78 is 5.43. The molecule has 1 saturated carbocycles. The van der Waals surface area contributed by atoms with E-state index in [1.807, 2.05) is 0 Å². The maximum atomic E-state index is 11.9. The molecule has 0 aromatic carbocycles. The van der Waals surface area contributed by atoms with E-state index in [-0.39, 0.29) is 23.9 Å². The molecule has 1 saturated heterocycles. The lowest BCUT2D eigenvalue weighted by molar-refractivity contribution is -0.137. The van der Waals surface area contributed by atoms with Crippen molar-refractivity contribution in [2.24, 2.45) is 5.41 Å². The van der Waals surface area contributed by atoms with Gasteiger partial charge in [0.05, 0.1) is 0 Å². The van der Waals surface area contributed by atoms with E-state index in [2.05, 4.69) is 10.6 Å². The summed E-state index contributed by atoms with van der Waals surface area (Å²) in [5.41, 5.74) is 0.219. The number of aliphatic carboxylic acids is 1. The van der Waals surface area contributed by atoms with E-state index in [1.54, 1.807) is 0 Å². The predicted octanol–water partition coefficient (Wildman–Crippen LogP) is 1.50. The number of carboxylic acids is 1. The predicted molar refractivity (Wildman–Crippen MR) is 73.5 cm³/mol. The second kappa shape index (κ2) is 6.92. The molecular formula is C14H24N2O4. The topological polar surface area (TPSA) is 87.7 Å². The molecular weight excluding hydrogens is 260 g/mol. The second-order valence-corrected chi connectivity index (χ2v) is 5.82. The summed E-state index contributed by atoms with van der Waals surface area (Å²) in [5, 5.41) is 14.4. The lowest BCUT2D eigenvalue weighted by Gasteiger charge is -2.39. The Bertz CT molecular complexity index is 353. The zero-order valence-electron chi connectivity index (χ0n) is 11.8. The molecule has 1 atom stereocenters. The van der Waals surface area contributed by atoms with Gasteiger partial charge in [-0.2, -0.15) is 0 Å². The molecule has 1 heterocycles. The van der Waals surface area contributed by atoms with Crippen molar-refractivity contribution in [2.45, 2.75) is 51.0 Å². The molecule has 1 unspecified atom stereocenters. The van der Waals surface area contributed by atoms with Crippen LogP contribution in [0.5, 0.6) is 0 Å². The third-order valence-electron chi connectivity index (χ3n) is 4.55. The van der Waals surface area contributed by atoms with E-state index < -0.39 is 5.97 Å². The highest BCUT2D eigenvalue weighted by atomic mass is 16.5. The molecule has 2 fully saturated rings. The van der Waals surface area contributed by atoms with Gasteiger partial charge in [-0.05, 0) is 37.5 Å². The third kappa shape index (κ3) is 3.85. The molecule has 2 amide bonds. The number of carboxylic acid groups (broad SMARTS) is 1. The first-order chi connectivity index (χ1) is 9.62. The summed E-state index contributed by atoms with van der Waals surface area (Å²) >= 11 is 0. The monoisotopic (exact) mass is 284 g/mol. The molecule has 2 aliphatic rings. The van der Waals surface area contributed by atoms with Crippen LogP contribution in [-0.4, -0.2) is 42.9 Å². The molecule has 0 aromatic rings. The van der Waals surface area contributed by atoms with Crippen molar-refractivity contribution < 1.29 is 19.4 Å². The number of carbonyl (C=O) groups is 2. The molecule has 2 rings (SSSR count). The molecule has 3 N–H and O–H groups in total. The third-order valence-corrected chi connectivity index (χ3v) is 4.55. The van der Waals surface area contributed by atoms with Gasteiger partial charge < -0.3 is 20.5 Å². The minimum absolute atomic E-state index is 0.0883. The van der Waals surface area contributed by atoms with Crippen molar-refractivity contribution in [3.05, 3.63) is 0 Å². The van der Waals surface area contributed by atoms with Crippen LogP contribution in [0.15, 0.2) is 0 Å². The van der Waals surface area contributed by atoms with Gasteiger partial charge in [-0.3, -0.25) is 4.79 Å². The molecule has 1 aliphatic heterocycles. The molecule has 0 bridgehead atoms. The molecule has 6 heteroatoms. The number of ether oxygens (including phenoxy) is 1. The van der Waals surface area contributed by atoms with Gasteiger partial charge in [-0.25, -0.2) is 4.79 Å². The lowest BCUT2D eigenvalue weighted by atomic mass is 9.75. The summed E-state index contributed by atoms with van der Waals surface area (Å²) in [6, 6.07) is 0.0547. The van der Waals surface area contributed by atoms with E-state index >= 15 is 0 Å². The fourth-order valence-electron chi connectivity index (χ4n) is 3.39. The summed E-state index contributed by atoms with van der Waals surface area (Å²) in [5.74, 6) is -0.829. The van der Waals surface area contributed by atoms with Crippen molar-refractivity contribution >= 4 is 12.0 Å². The van der Waals surface area contributed by atoms with Crippen LogP contribution in [0.3, 0.4) is 0 Å². The van der Waals surface area contributed by atoms with Gasteiger partial charge in [0.2, 0.25) is 0 Å². The van der Waals surface area contributed by atoms with Gasteiger partial charge in [0.15, 0.2) is 0 Å². The Labute approximate surface area is 119 Å². The summed E-state index contributed by atoms with van der Waals surface area (Å²) in [6.45, 7) is 1.98. The Morgan fingerprint density at radius 2 is 2.00 bits per heavy atom. The Balaban J connectivity index is 1.74. The zero-order chi connectivity index (χ0) is 14.4. The van der Waals surface area contributed by atoms with Crippen molar-refractivity contribution in [2.75, 3.05) is 19.8 Å². The number of urea groups is 1. The van der Waals surface area contributed by atoms with Crippen molar-refractivity contribution in [3.63, 3.8) is 0 Å². The molecule has 114 valence electrons. The lowest BCUT2D eigenvalue weighted by Crippen LogP contribution is -2.50. The number of nitrogens with one attached hydrogen (secondary N) is 2. The first-order valence-corrected chi connectivity index (χ1v) is 7.46. The van der Waals surface area contributed by atoms with Gasteiger partial charge >= 0.3 is 12.0 Å². The highest BCUT2D eigenvalue weighted by molar-refractivity contribution is 5.74. The van der Waals surface area contributed by atoms with Crippen LogP contribution in [0.1, 0.15) is 44.9 Å². The van der Waals surface area contributed by atoms with Crippen molar-refractivity contribution in [1.29, 1.82) is 0 Å². The van der Waals surface area contributed by atoms with E-state index in [0.29, 0.717) is 13.0 Å². The first-order valence-electron chi connectivity index (χ1n) is 7.46. The summed E-state index contributed by atoms with van der Waals surface area (Å²) in [4.78, 5) is 22.3. The van der Waals surface area contributed by atoms with E-state index in [9.17, 15) is 9.59 Å². The second-order valence-electron chi connectivity index (χ2n) is 5.82. The maximum Gasteiger partial charge on any atom is 0.315 e. The zero-order valence-corrected chi connectivity index (χ0v) is 11.8. The highest BCUT2D eigenvalue weighted by Gasteiger charge is 2.44. The van der Waals surface area contributed by atoms with E-state index in [0.717, 1.165) is 38.9 Å². The Morgan fingerprint density at radius 1 is 1.25 bits per heavy atom. The molecule has 0 radical (unpaired) electrons. The summed E-state index contributed by atoms with van der Waals surface area (Å²) in [7, 11) is 0. The van der Waals surface area contributed by atoms with Crippen molar-refractivity contribution in [3.8, 4) is 0 Å². The first kappa shape index (κ1) is 15.1. The molecule has 1 spiro atoms. The fourth-order valence-corrected chi connectivity index (χ4v) is 3.39. The van der Waals surface area contributed by atoms with Crippen LogP contribution in [0.4, 0.5) is 4.79 Å². The van der Waals surface area contributed by atoms with Crippen LogP contribution >= 0.6 is 0 Å². The van der Waals surface area contributed by atoms with Crippen LogP contribution in [0.2, 0.25) is 0 Å². The average molecular weight is 284 g/mol. The van der Waals surface area contributed by atoms with Gasteiger partial charge in [0, 0.05) is 32.2 Å². The smallest absolute Gasteiger partial charge is 0.315 e. The Kier molecular flexibility index (Phi) is 5.23. The number of hydrogen-bond acceptors (Lipinski definition) is 3. The molecule has 1 aliphatic carbocycles. The fraction of sp³-hybridized carbons (Fsp3) is 0.857. The largest absolute Gasteiger partial charge is 0.481 e. The van der Waals surface area contributed by atoms with Crippen molar-refractivity contribution in [1.82, 2.24) is 10.6 Å². The average Bonchev–Trinajstić information content (AvgIpc) is 2.78. The maximum absolute atomic E-state index is 11.9. The standard InChI is InChI=1S/C14H24N2O4/c17-12(18)4-2-8-15-13(19)16-11-3-1-5-14(11)6-9-20-10-7-14/h11H,1-10H2,(H,17,18)(H2,15,16,19). The van der Waals surface area contributed by atoms with Gasteiger partial charge in [0.1, 0.15) is 0 Å². The van der Waals surface area contributed by atoms with Gasteiger partial charge in [-0.15, -0.1) is 0 Å². The Hall–Kier alpha value is -1.30. The van der Waals surface area contributed by atoms with Gasteiger partial charge in [-0.1, -0.05) is 6.42 Å². The quantitative estimate of drug-likeness (QED) is 0.668. The normalized spacial score (nSPS) is 24.5. The number of hydrogen-bond donors (Lipinski definition) is 3. The highest BCUT2D eigenvalue weighted by Crippen LogP contribution is 2.45.